The lowest BCUT2D eigenvalue weighted by molar-refractivity contribution is 1.000. The van der Waals surface area contributed by atoms with Crippen LogP contribution in [0.15, 0.2) is 41.0 Å². The predicted molar refractivity (Wildman–Crippen MR) is 80.0 cm³/mol. The summed E-state index contributed by atoms with van der Waals surface area (Å²) in [5.74, 6) is 0.910. The summed E-state index contributed by atoms with van der Waals surface area (Å²) in [6.07, 6.45) is 2.88. The van der Waals surface area contributed by atoms with E-state index in [4.69, 9.17) is 0 Å². The number of rotatable bonds is 4. The van der Waals surface area contributed by atoms with Crippen molar-refractivity contribution in [1.29, 1.82) is 0 Å². The highest BCUT2D eigenvalue weighted by atomic mass is 79.9. The van der Waals surface area contributed by atoms with Crippen LogP contribution in [0.4, 0.5) is 5.82 Å². The van der Waals surface area contributed by atoms with Gasteiger partial charge in [-0.3, -0.25) is 0 Å². The molecule has 1 N–H and O–H groups in total. The molecule has 0 fully saturated rings. The molecule has 18 heavy (non-hydrogen) atoms. The molecule has 0 saturated carbocycles. The Morgan fingerprint density at radius 2 is 2.00 bits per heavy atom. The second-order valence-electron chi connectivity index (χ2n) is 4.51. The van der Waals surface area contributed by atoms with Crippen LogP contribution in [-0.2, 0) is 6.42 Å². The summed E-state index contributed by atoms with van der Waals surface area (Å²) in [7, 11) is 0. The second-order valence-corrected chi connectivity index (χ2v) is 5.36. The summed E-state index contributed by atoms with van der Waals surface area (Å²) in [6, 6.07) is 10.7. The highest BCUT2D eigenvalue weighted by Crippen LogP contribution is 2.20. The van der Waals surface area contributed by atoms with E-state index < -0.39 is 0 Å². The third-order valence-electron chi connectivity index (χ3n) is 2.77. The van der Waals surface area contributed by atoms with Gasteiger partial charge in [0.2, 0.25) is 0 Å². The summed E-state index contributed by atoms with van der Waals surface area (Å²) >= 11 is 3.52. The van der Waals surface area contributed by atoms with Gasteiger partial charge in [0.05, 0.1) is 4.47 Å². The van der Waals surface area contributed by atoms with Gasteiger partial charge < -0.3 is 5.32 Å². The fourth-order valence-electron chi connectivity index (χ4n) is 1.86. The first-order valence-electron chi connectivity index (χ1n) is 6.07. The predicted octanol–water partition coefficient (Wildman–Crippen LogP) is 4.12. The molecule has 1 aromatic heterocycles. The van der Waals surface area contributed by atoms with E-state index in [0.717, 1.165) is 28.8 Å². The average Bonchev–Trinajstić information content (AvgIpc) is 2.32. The molecular formula is C15H17BrN2. The van der Waals surface area contributed by atoms with Gasteiger partial charge in [-0.2, -0.15) is 0 Å². The largest absolute Gasteiger partial charge is 0.369 e. The number of hydrogen-bond acceptors (Lipinski definition) is 2. The van der Waals surface area contributed by atoms with Crippen molar-refractivity contribution in [3.63, 3.8) is 0 Å². The van der Waals surface area contributed by atoms with Crippen LogP contribution in [0.3, 0.4) is 0 Å². The fourth-order valence-corrected chi connectivity index (χ4v) is 2.46. The topological polar surface area (TPSA) is 24.9 Å². The van der Waals surface area contributed by atoms with Gasteiger partial charge in [-0.1, -0.05) is 29.8 Å². The van der Waals surface area contributed by atoms with Crippen molar-refractivity contribution in [3.05, 3.63) is 57.7 Å². The number of aromatic nitrogens is 1. The highest BCUT2D eigenvalue weighted by molar-refractivity contribution is 9.10. The first-order valence-corrected chi connectivity index (χ1v) is 6.86. The number of pyridine rings is 1. The van der Waals surface area contributed by atoms with Gasteiger partial charge in [0, 0.05) is 12.7 Å². The molecule has 0 aliphatic rings. The molecule has 2 aromatic rings. The maximum atomic E-state index is 4.37. The third kappa shape index (κ3) is 3.57. The van der Waals surface area contributed by atoms with E-state index in [2.05, 4.69) is 63.5 Å². The smallest absolute Gasteiger partial charge is 0.140 e. The van der Waals surface area contributed by atoms with Crippen LogP contribution >= 0.6 is 15.9 Å². The molecule has 1 aromatic carbocycles. The zero-order chi connectivity index (χ0) is 13.0. The Morgan fingerprint density at radius 3 is 2.72 bits per heavy atom. The number of anilines is 1. The normalized spacial score (nSPS) is 10.4. The number of nitrogens with one attached hydrogen (secondary N) is 1. The van der Waals surface area contributed by atoms with E-state index >= 15 is 0 Å². The van der Waals surface area contributed by atoms with Gasteiger partial charge in [0.25, 0.3) is 0 Å². The molecule has 0 aliphatic heterocycles. The van der Waals surface area contributed by atoms with Crippen molar-refractivity contribution < 1.29 is 0 Å². The minimum atomic E-state index is 0.887. The second kappa shape index (κ2) is 6.01. The first kappa shape index (κ1) is 13.1. The lowest BCUT2D eigenvalue weighted by atomic mass is 10.1. The summed E-state index contributed by atoms with van der Waals surface area (Å²) < 4.78 is 1.02. The zero-order valence-corrected chi connectivity index (χ0v) is 12.3. The molecule has 0 atom stereocenters. The Bertz CT molecular complexity index is 538. The maximum absolute atomic E-state index is 4.37. The van der Waals surface area contributed by atoms with Crippen molar-refractivity contribution in [2.45, 2.75) is 20.3 Å². The van der Waals surface area contributed by atoms with Crippen LogP contribution in [0, 0.1) is 13.8 Å². The highest BCUT2D eigenvalue weighted by Gasteiger charge is 2.01. The van der Waals surface area contributed by atoms with Crippen LogP contribution in [0.25, 0.3) is 0 Å². The molecular weight excluding hydrogens is 288 g/mol. The first-order chi connectivity index (χ1) is 8.65. The Labute approximate surface area is 117 Å². The van der Waals surface area contributed by atoms with Crippen molar-refractivity contribution >= 4 is 21.7 Å². The van der Waals surface area contributed by atoms with E-state index in [1.165, 1.54) is 11.1 Å². The molecule has 0 saturated heterocycles. The van der Waals surface area contributed by atoms with E-state index in [0.29, 0.717) is 0 Å². The van der Waals surface area contributed by atoms with Crippen LogP contribution in [0.1, 0.15) is 16.7 Å². The van der Waals surface area contributed by atoms with E-state index in [1.807, 2.05) is 13.1 Å². The summed E-state index contributed by atoms with van der Waals surface area (Å²) in [6.45, 7) is 5.04. The maximum Gasteiger partial charge on any atom is 0.140 e. The minimum absolute atomic E-state index is 0.887. The number of halogens is 1. The summed E-state index contributed by atoms with van der Waals surface area (Å²) in [4.78, 5) is 4.37. The summed E-state index contributed by atoms with van der Waals surface area (Å²) in [5, 5.41) is 3.35. The molecule has 0 aliphatic carbocycles. The number of aryl methyl sites for hydroxylation is 2. The molecule has 0 amide bonds. The zero-order valence-electron chi connectivity index (χ0n) is 10.7. The lowest BCUT2D eigenvalue weighted by Gasteiger charge is -2.08. The van der Waals surface area contributed by atoms with Crippen LogP contribution in [0.2, 0.25) is 0 Å². The molecule has 2 nitrogen and oxygen atoms in total. The molecule has 1 heterocycles. The van der Waals surface area contributed by atoms with Gasteiger partial charge in [0.15, 0.2) is 0 Å². The van der Waals surface area contributed by atoms with Crippen LogP contribution in [-0.4, -0.2) is 11.5 Å². The van der Waals surface area contributed by atoms with Crippen molar-refractivity contribution in [2.75, 3.05) is 11.9 Å². The third-order valence-corrected chi connectivity index (χ3v) is 3.37. The Morgan fingerprint density at radius 1 is 1.17 bits per heavy atom. The van der Waals surface area contributed by atoms with Gasteiger partial charge in [-0.05, 0) is 53.4 Å². The van der Waals surface area contributed by atoms with Crippen molar-refractivity contribution in [3.8, 4) is 0 Å². The Kier molecular flexibility index (Phi) is 4.37. The van der Waals surface area contributed by atoms with Gasteiger partial charge >= 0.3 is 0 Å². The quantitative estimate of drug-likeness (QED) is 0.919. The Balaban J connectivity index is 1.92. The standard InChI is InChI=1S/C15H17BrN2/c1-11-4-3-5-13(8-11)6-7-17-15-14(16)9-12(2)10-18-15/h3-5,8-10H,6-7H2,1-2H3,(H,17,18). The van der Waals surface area contributed by atoms with E-state index in [1.54, 1.807) is 0 Å². The molecule has 0 bridgehead atoms. The van der Waals surface area contributed by atoms with Crippen LogP contribution in [0.5, 0.6) is 0 Å². The van der Waals surface area contributed by atoms with Crippen molar-refractivity contribution in [2.24, 2.45) is 0 Å². The Hall–Kier alpha value is -1.35. The molecule has 2 rings (SSSR count). The van der Waals surface area contributed by atoms with Crippen LogP contribution < -0.4 is 5.32 Å². The number of benzene rings is 1. The van der Waals surface area contributed by atoms with Gasteiger partial charge in [-0.25, -0.2) is 4.98 Å². The van der Waals surface area contributed by atoms with Crippen molar-refractivity contribution in [1.82, 2.24) is 4.98 Å². The molecule has 0 spiro atoms. The molecule has 94 valence electrons. The SMILES string of the molecule is Cc1cccc(CCNc2ncc(C)cc2Br)c1. The molecule has 0 unspecified atom stereocenters. The number of nitrogens with zero attached hydrogens (tertiary/aromatic N) is 1. The van der Waals surface area contributed by atoms with Gasteiger partial charge in [0.1, 0.15) is 5.82 Å². The molecule has 0 radical (unpaired) electrons. The minimum Gasteiger partial charge on any atom is -0.369 e. The lowest BCUT2D eigenvalue weighted by Crippen LogP contribution is -2.07. The van der Waals surface area contributed by atoms with E-state index in [-0.39, 0.29) is 0 Å². The summed E-state index contributed by atoms with van der Waals surface area (Å²) in [5.41, 5.74) is 3.82. The average molecular weight is 305 g/mol. The monoisotopic (exact) mass is 304 g/mol. The number of hydrogen-bond donors (Lipinski definition) is 1. The van der Waals surface area contributed by atoms with E-state index in [9.17, 15) is 0 Å². The fraction of sp³-hybridized carbons (Fsp3) is 0.267. The van der Waals surface area contributed by atoms with Gasteiger partial charge in [-0.15, -0.1) is 0 Å². The molecule has 3 heteroatoms.